The Labute approximate surface area is 179 Å². The number of nitrogens with zero attached hydrogens (tertiary/aromatic N) is 6. The van der Waals surface area contributed by atoms with Gasteiger partial charge in [-0.25, -0.2) is 9.37 Å². The SMILES string of the molecule is Cc1noc2ncnc(N3CCC(C(=O)N4CCN(c5ccc(F)cc5)CC4)CC3)c12. The molecule has 2 aliphatic rings. The van der Waals surface area contributed by atoms with Crippen molar-refractivity contribution >= 4 is 28.5 Å². The third kappa shape index (κ3) is 3.80. The van der Waals surface area contributed by atoms with Gasteiger partial charge in [-0.15, -0.1) is 0 Å². The van der Waals surface area contributed by atoms with E-state index < -0.39 is 0 Å². The fourth-order valence-corrected chi connectivity index (χ4v) is 4.58. The Balaban J connectivity index is 1.18. The topological polar surface area (TPSA) is 78.6 Å². The average molecular weight is 424 g/mol. The number of amides is 1. The summed E-state index contributed by atoms with van der Waals surface area (Å²) in [5.41, 5.74) is 2.28. The van der Waals surface area contributed by atoms with Crippen LogP contribution in [0.4, 0.5) is 15.9 Å². The second kappa shape index (κ2) is 8.13. The lowest BCUT2D eigenvalue weighted by Crippen LogP contribution is -2.51. The van der Waals surface area contributed by atoms with Crippen LogP contribution in [0.1, 0.15) is 18.5 Å². The van der Waals surface area contributed by atoms with Crippen molar-refractivity contribution in [2.24, 2.45) is 5.92 Å². The molecule has 0 atom stereocenters. The number of hydrogen-bond acceptors (Lipinski definition) is 7. The van der Waals surface area contributed by atoms with Crippen molar-refractivity contribution in [2.45, 2.75) is 19.8 Å². The maximum atomic E-state index is 13.2. The molecule has 0 unspecified atom stereocenters. The molecule has 0 radical (unpaired) electrons. The summed E-state index contributed by atoms with van der Waals surface area (Å²) in [6, 6.07) is 6.55. The van der Waals surface area contributed by atoms with E-state index in [1.165, 1.54) is 18.5 Å². The zero-order valence-corrected chi connectivity index (χ0v) is 17.5. The minimum Gasteiger partial charge on any atom is -0.368 e. The molecule has 3 aromatic rings. The van der Waals surface area contributed by atoms with Crippen LogP contribution < -0.4 is 9.80 Å². The maximum Gasteiger partial charge on any atom is 0.263 e. The molecule has 0 aliphatic carbocycles. The van der Waals surface area contributed by atoms with Gasteiger partial charge in [-0.2, -0.15) is 4.98 Å². The highest BCUT2D eigenvalue weighted by Crippen LogP contribution is 2.30. The van der Waals surface area contributed by atoms with E-state index in [4.69, 9.17) is 4.52 Å². The molecule has 2 aromatic heterocycles. The van der Waals surface area contributed by atoms with Crippen molar-refractivity contribution in [3.63, 3.8) is 0 Å². The average Bonchev–Trinajstić information content (AvgIpc) is 3.20. The zero-order valence-electron chi connectivity index (χ0n) is 17.5. The van der Waals surface area contributed by atoms with E-state index >= 15 is 0 Å². The van der Waals surface area contributed by atoms with E-state index in [0.29, 0.717) is 18.8 Å². The standard InChI is InChI=1S/C22H25FN6O2/c1-15-19-20(24-14-25-21(19)31-26-15)28-8-6-16(7-9-28)22(30)29-12-10-27(11-13-29)18-4-2-17(23)3-5-18/h2-5,14,16H,6-13H2,1H3. The van der Waals surface area contributed by atoms with Crippen molar-refractivity contribution in [1.29, 1.82) is 0 Å². The number of anilines is 2. The molecule has 0 saturated carbocycles. The minimum atomic E-state index is -0.231. The highest BCUT2D eigenvalue weighted by atomic mass is 19.1. The summed E-state index contributed by atoms with van der Waals surface area (Å²) in [5, 5.41) is 4.85. The second-order valence-corrected chi connectivity index (χ2v) is 8.20. The molecule has 2 aliphatic heterocycles. The van der Waals surface area contributed by atoms with Gasteiger partial charge in [-0.3, -0.25) is 4.79 Å². The number of carbonyl (C=O) groups is 1. The normalized spacial score (nSPS) is 18.1. The van der Waals surface area contributed by atoms with Gasteiger partial charge >= 0.3 is 0 Å². The largest absolute Gasteiger partial charge is 0.368 e. The number of piperazine rings is 1. The first-order valence-electron chi connectivity index (χ1n) is 10.7. The molecule has 1 amide bonds. The Bertz CT molecular complexity index is 1070. The summed E-state index contributed by atoms with van der Waals surface area (Å²) in [5.74, 6) is 0.885. The summed E-state index contributed by atoms with van der Waals surface area (Å²) in [6.07, 6.45) is 3.10. The van der Waals surface area contributed by atoms with Crippen molar-refractivity contribution in [3.05, 3.63) is 42.1 Å². The van der Waals surface area contributed by atoms with Gasteiger partial charge in [0, 0.05) is 50.9 Å². The van der Waals surface area contributed by atoms with Crippen molar-refractivity contribution in [1.82, 2.24) is 20.0 Å². The summed E-state index contributed by atoms with van der Waals surface area (Å²) in [6.45, 7) is 6.35. The Morgan fingerprint density at radius 1 is 1.00 bits per heavy atom. The first-order valence-corrected chi connectivity index (χ1v) is 10.7. The van der Waals surface area contributed by atoms with Gasteiger partial charge < -0.3 is 19.2 Å². The van der Waals surface area contributed by atoms with Crippen LogP contribution in [0.25, 0.3) is 11.1 Å². The first-order chi connectivity index (χ1) is 15.1. The number of rotatable bonds is 3. The van der Waals surface area contributed by atoms with Crippen LogP contribution in [-0.2, 0) is 4.79 Å². The van der Waals surface area contributed by atoms with Gasteiger partial charge in [-0.1, -0.05) is 5.16 Å². The van der Waals surface area contributed by atoms with Gasteiger partial charge in [0.15, 0.2) is 0 Å². The van der Waals surface area contributed by atoms with E-state index in [1.807, 2.05) is 11.8 Å². The molecule has 2 fully saturated rings. The Hall–Kier alpha value is -3.23. The monoisotopic (exact) mass is 424 g/mol. The summed E-state index contributed by atoms with van der Waals surface area (Å²) < 4.78 is 18.4. The van der Waals surface area contributed by atoms with E-state index in [-0.39, 0.29) is 17.6 Å². The molecular formula is C22H25FN6O2. The molecule has 1 aromatic carbocycles. The number of halogens is 1. The van der Waals surface area contributed by atoms with Crippen LogP contribution >= 0.6 is 0 Å². The highest BCUT2D eigenvalue weighted by molar-refractivity contribution is 5.88. The van der Waals surface area contributed by atoms with Crippen molar-refractivity contribution in [2.75, 3.05) is 49.1 Å². The summed E-state index contributed by atoms with van der Waals surface area (Å²) in [4.78, 5) is 28.1. The number of benzene rings is 1. The van der Waals surface area contributed by atoms with E-state index in [0.717, 1.165) is 61.6 Å². The number of aryl methyl sites for hydroxylation is 1. The third-order valence-corrected chi connectivity index (χ3v) is 6.35. The molecule has 0 N–H and O–H groups in total. The van der Waals surface area contributed by atoms with Crippen LogP contribution in [0.5, 0.6) is 0 Å². The predicted molar refractivity (Wildman–Crippen MR) is 114 cm³/mol. The molecule has 0 spiro atoms. The molecule has 162 valence electrons. The lowest BCUT2D eigenvalue weighted by atomic mass is 9.94. The van der Waals surface area contributed by atoms with Crippen molar-refractivity contribution < 1.29 is 13.7 Å². The van der Waals surface area contributed by atoms with Gasteiger partial charge in [-0.05, 0) is 44.0 Å². The summed E-state index contributed by atoms with van der Waals surface area (Å²) >= 11 is 0. The maximum absolute atomic E-state index is 13.2. The lowest BCUT2D eigenvalue weighted by molar-refractivity contribution is -0.136. The molecule has 5 rings (SSSR count). The Kier molecular flexibility index (Phi) is 5.17. The van der Waals surface area contributed by atoms with Crippen LogP contribution in [0.15, 0.2) is 35.1 Å². The minimum absolute atomic E-state index is 0.0366. The first kappa shape index (κ1) is 19.7. The summed E-state index contributed by atoms with van der Waals surface area (Å²) in [7, 11) is 0. The molecule has 0 bridgehead atoms. The number of hydrogen-bond donors (Lipinski definition) is 0. The fraction of sp³-hybridized carbons (Fsp3) is 0.455. The Morgan fingerprint density at radius 3 is 2.42 bits per heavy atom. The third-order valence-electron chi connectivity index (χ3n) is 6.35. The number of fused-ring (bicyclic) bond motifs is 1. The van der Waals surface area contributed by atoms with E-state index in [2.05, 4.69) is 24.9 Å². The van der Waals surface area contributed by atoms with Gasteiger partial charge in [0.05, 0.1) is 5.69 Å². The van der Waals surface area contributed by atoms with Gasteiger partial charge in [0.1, 0.15) is 23.3 Å². The Morgan fingerprint density at radius 2 is 1.71 bits per heavy atom. The smallest absolute Gasteiger partial charge is 0.263 e. The number of aromatic nitrogens is 3. The molecule has 9 heteroatoms. The molecular weight excluding hydrogens is 399 g/mol. The lowest BCUT2D eigenvalue weighted by Gasteiger charge is -2.39. The fourth-order valence-electron chi connectivity index (χ4n) is 4.58. The second-order valence-electron chi connectivity index (χ2n) is 8.20. The van der Waals surface area contributed by atoms with Crippen LogP contribution in [-0.4, -0.2) is 65.2 Å². The molecule has 2 saturated heterocycles. The van der Waals surface area contributed by atoms with Crippen LogP contribution in [0, 0.1) is 18.7 Å². The van der Waals surface area contributed by atoms with Crippen molar-refractivity contribution in [3.8, 4) is 0 Å². The van der Waals surface area contributed by atoms with E-state index in [1.54, 1.807) is 12.1 Å². The van der Waals surface area contributed by atoms with Gasteiger partial charge in [0.25, 0.3) is 5.71 Å². The van der Waals surface area contributed by atoms with E-state index in [9.17, 15) is 9.18 Å². The molecule has 8 nitrogen and oxygen atoms in total. The quantitative estimate of drug-likeness (QED) is 0.640. The number of piperidine rings is 1. The van der Waals surface area contributed by atoms with Crippen LogP contribution in [0.2, 0.25) is 0 Å². The van der Waals surface area contributed by atoms with Crippen LogP contribution in [0.3, 0.4) is 0 Å². The zero-order chi connectivity index (χ0) is 21.4. The molecule has 4 heterocycles. The highest BCUT2D eigenvalue weighted by Gasteiger charge is 2.31. The predicted octanol–water partition coefficient (Wildman–Crippen LogP) is 2.63. The molecule has 31 heavy (non-hydrogen) atoms. The number of carbonyl (C=O) groups excluding carboxylic acids is 1. The van der Waals surface area contributed by atoms with Gasteiger partial charge in [0.2, 0.25) is 5.91 Å².